The Balaban J connectivity index is 2.01. The van der Waals surface area contributed by atoms with Crippen LogP contribution in [0.3, 0.4) is 0 Å². The van der Waals surface area contributed by atoms with Gasteiger partial charge in [0.15, 0.2) is 0 Å². The summed E-state index contributed by atoms with van der Waals surface area (Å²) in [7, 11) is 0. The predicted octanol–water partition coefficient (Wildman–Crippen LogP) is 0.699. The summed E-state index contributed by atoms with van der Waals surface area (Å²) < 4.78 is 0. The van der Waals surface area contributed by atoms with Gasteiger partial charge in [0.2, 0.25) is 0 Å². The number of carbonyl (C=O) groups is 2. The normalized spacial score (nSPS) is 29.8. The SMILES string of the molecule is O=C1CC2(C1)CC(=O)C2. The van der Waals surface area contributed by atoms with E-state index >= 15 is 0 Å². The Morgan fingerprint density at radius 3 is 1.44 bits per heavy atom. The minimum absolute atomic E-state index is 0.189. The minimum atomic E-state index is 0.189. The number of carbonyl (C=O) groups excluding carboxylic acids is 2. The lowest BCUT2D eigenvalue weighted by molar-refractivity contribution is -0.148. The maximum Gasteiger partial charge on any atom is 0.134 e. The van der Waals surface area contributed by atoms with Crippen molar-refractivity contribution in [3.05, 3.63) is 0 Å². The zero-order valence-corrected chi connectivity index (χ0v) is 5.14. The molecule has 1 spiro atoms. The largest absolute Gasteiger partial charge is 0.300 e. The molecule has 2 aliphatic carbocycles. The van der Waals surface area contributed by atoms with Crippen molar-refractivity contribution in [3.63, 3.8) is 0 Å². The van der Waals surface area contributed by atoms with Crippen LogP contribution in [0.1, 0.15) is 25.7 Å². The first-order valence-corrected chi connectivity index (χ1v) is 3.24. The molecule has 48 valence electrons. The summed E-state index contributed by atoms with van der Waals surface area (Å²) in [5.41, 5.74) is 0.189. The standard InChI is InChI=1S/C7H8O2/c8-5-1-7(2-5)3-6(9)4-7/h1-4H2. The number of rotatable bonds is 0. The third-order valence-corrected chi connectivity index (χ3v) is 2.29. The fourth-order valence-electron chi connectivity index (χ4n) is 1.82. The number of hydrogen-bond acceptors (Lipinski definition) is 2. The average molecular weight is 124 g/mol. The van der Waals surface area contributed by atoms with Gasteiger partial charge in [0.25, 0.3) is 0 Å². The van der Waals surface area contributed by atoms with Gasteiger partial charge in [-0.3, -0.25) is 9.59 Å². The highest BCUT2D eigenvalue weighted by Crippen LogP contribution is 2.51. The van der Waals surface area contributed by atoms with Crippen LogP contribution < -0.4 is 0 Å². The summed E-state index contributed by atoms with van der Waals surface area (Å²) in [6.45, 7) is 0. The van der Waals surface area contributed by atoms with Gasteiger partial charge in [0.1, 0.15) is 11.6 Å². The number of ketones is 2. The van der Waals surface area contributed by atoms with E-state index in [9.17, 15) is 9.59 Å². The fourth-order valence-corrected chi connectivity index (χ4v) is 1.82. The second-order valence-electron chi connectivity index (χ2n) is 3.28. The molecule has 0 saturated heterocycles. The molecular weight excluding hydrogens is 116 g/mol. The highest BCUT2D eigenvalue weighted by molar-refractivity contribution is 5.96. The van der Waals surface area contributed by atoms with E-state index < -0.39 is 0 Å². The Kier molecular flexibility index (Phi) is 0.718. The van der Waals surface area contributed by atoms with Gasteiger partial charge >= 0.3 is 0 Å². The van der Waals surface area contributed by atoms with E-state index in [-0.39, 0.29) is 5.41 Å². The van der Waals surface area contributed by atoms with Gasteiger partial charge in [-0.2, -0.15) is 0 Å². The summed E-state index contributed by atoms with van der Waals surface area (Å²) in [5, 5.41) is 0. The summed E-state index contributed by atoms with van der Waals surface area (Å²) in [4.78, 5) is 21.0. The van der Waals surface area contributed by atoms with E-state index in [0.717, 1.165) is 0 Å². The van der Waals surface area contributed by atoms with Crippen molar-refractivity contribution in [1.29, 1.82) is 0 Å². The number of Topliss-reactive ketones (excluding diaryl/α,β-unsaturated/α-hetero) is 2. The molecule has 0 bridgehead atoms. The highest BCUT2D eigenvalue weighted by atomic mass is 16.1. The van der Waals surface area contributed by atoms with Crippen molar-refractivity contribution in [2.24, 2.45) is 5.41 Å². The molecule has 0 aromatic rings. The van der Waals surface area contributed by atoms with Crippen LogP contribution in [-0.2, 0) is 9.59 Å². The first kappa shape index (κ1) is 5.15. The smallest absolute Gasteiger partial charge is 0.134 e. The molecule has 0 radical (unpaired) electrons. The molecule has 0 aliphatic heterocycles. The van der Waals surface area contributed by atoms with Crippen LogP contribution in [-0.4, -0.2) is 11.6 Å². The Bertz CT molecular complexity index is 152. The van der Waals surface area contributed by atoms with Gasteiger partial charge in [-0.25, -0.2) is 0 Å². The molecule has 0 N–H and O–H groups in total. The van der Waals surface area contributed by atoms with Crippen molar-refractivity contribution < 1.29 is 9.59 Å². The third-order valence-electron chi connectivity index (χ3n) is 2.29. The quantitative estimate of drug-likeness (QED) is 0.476. The van der Waals surface area contributed by atoms with Crippen molar-refractivity contribution in [2.45, 2.75) is 25.7 Å². The molecule has 2 saturated carbocycles. The molecule has 2 heteroatoms. The average Bonchev–Trinajstić information content (AvgIpc) is 1.58. The summed E-state index contributed by atoms with van der Waals surface area (Å²) >= 11 is 0. The molecule has 0 heterocycles. The van der Waals surface area contributed by atoms with E-state index in [2.05, 4.69) is 0 Å². The van der Waals surface area contributed by atoms with Gasteiger partial charge in [0.05, 0.1) is 0 Å². The maximum atomic E-state index is 10.5. The Labute approximate surface area is 53.2 Å². The molecule has 9 heavy (non-hydrogen) atoms. The van der Waals surface area contributed by atoms with Gasteiger partial charge < -0.3 is 0 Å². The van der Waals surface area contributed by atoms with E-state index in [0.29, 0.717) is 37.2 Å². The molecule has 0 aromatic carbocycles. The van der Waals surface area contributed by atoms with Crippen LogP contribution in [0.15, 0.2) is 0 Å². The first-order chi connectivity index (χ1) is 4.20. The van der Waals surface area contributed by atoms with Gasteiger partial charge in [0, 0.05) is 25.7 Å². The van der Waals surface area contributed by atoms with Crippen LogP contribution in [0.5, 0.6) is 0 Å². The maximum absolute atomic E-state index is 10.5. The van der Waals surface area contributed by atoms with Crippen LogP contribution >= 0.6 is 0 Å². The first-order valence-electron chi connectivity index (χ1n) is 3.24. The second-order valence-corrected chi connectivity index (χ2v) is 3.28. The lowest BCUT2D eigenvalue weighted by Crippen LogP contribution is -2.48. The van der Waals surface area contributed by atoms with Crippen LogP contribution in [0.25, 0.3) is 0 Å². The molecule has 0 unspecified atom stereocenters. The lowest BCUT2D eigenvalue weighted by Gasteiger charge is -2.46. The summed E-state index contributed by atoms with van der Waals surface area (Å²) in [6.07, 6.45) is 2.72. The van der Waals surface area contributed by atoms with Crippen LogP contribution in [0.4, 0.5) is 0 Å². The zero-order valence-electron chi connectivity index (χ0n) is 5.14. The predicted molar refractivity (Wildman–Crippen MR) is 30.9 cm³/mol. The van der Waals surface area contributed by atoms with Crippen molar-refractivity contribution in [3.8, 4) is 0 Å². The van der Waals surface area contributed by atoms with Gasteiger partial charge in [-0.1, -0.05) is 0 Å². The molecule has 0 atom stereocenters. The Morgan fingerprint density at radius 1 is 0.889 bits per heavy atom. The molecule has 2 fully saturated rings. The minimum Gasteiger partial charge on any atom is -0.300 e. The number of hydrogen-bond donors (Lipinski definition) is 0. The summed E-state index contributed by atoms with van der Waals surface area (Å²) in [6, 6.07) is 0. The molecule has 2 nitrogen and oxygen atoms in total. The van der Waals surface area contributed by atoms with Crippen molar-refractivity contribution in [1.82, 2.24) is 0 Å². The highest BCUT2D eigenvalue weighted by Gasteiger charge is 2.52. The molecule has 0 aromatic heterocycles. The molecular formula is C7H8O2. The lowest BCUT2D eigenvalue weighted by atomic mass is 9.55. The zero-order chi connectivity index (χ0) is 6.48. The molecule has 0 amide bonds. The molecule has 2 rings (SSSR count). The van der Waals surface area contributed by atoms with Crippen molar-refractivity contribution >= 4 is 11.6 Å². The van der Waals surface area contributed by atoms with Crippen LogP contribution in [0.2, 0.25) is 0 Å². The topological polar surface area (TPSA) is 34.1 Å². The van der Waals surface area contributed by atoms with E-state index in [4.69, 9.17) is 0 Å². The third kappa shape index (κ3) is 0.560. The van der Waals surface area contributed by atoms with E-state index in [1.54, 1.807) is 0 Å². The van der Waals surface area contributed by atoms with E-state index in [1.165, 1.54) is 0 Å². The summed E-state index contributed by atoms with van der Waals surface area (Å²) in [5.74, 6) is 0.671. The van der Waals surface area contributed by atoms with E-state index in [1.807, 2.05) is 0 Å². The Hall–Kier alpha value is -0.660. The Morgan fingerprint density at radius 2 is 1.22 bits per heavy atom. The molecule has 2 aliphatic rings. The van der Waals surface area contributed by atoms with Crippen LogP contribution in [0, 0.1) is 5.41 Å². The van der Waals surface area contributed by atoms with Gasteiger partial charge in [-0.05, 0) is 5.41 Å². The fraction of sp³-hybridized carbons (Fsp3) is 0.714. The van der Waals surface area contributed by atoms with Crippen molar-refractivity contribution in [2.75, 3.05) is 0 Å². The van der Waals surface area contributed by atoms with Gasteiger partial charge in [-0.15, -0.1) is 0 Å². The monoisotopic (exact) mass is 124 g/mol. The second kappa shape index (κ2) is 1.25.